The normalized spacial score (nSPS) is 15.6. The number of fused-ring (bicyclic) bond motifs is 2. The number of hydrogen-bond acceptors (Lipinski definition) is 3. The molecule has 3 aromatic carbocycles. The number of anilines is 1. The van der Waals surface area contributed by atoms with Gasteiger partial charge < -0.3 is 4.42 Å². The molecular weight excluding hydrogens is 466 g/mol. The monoisotopic (exact) mass is 479 g/mol. The zero-order valence-electron chi connectivity index (χ0n) is 15.9. The number of nitrogens with zero attached hydrogens (tertiary/aromatic N) is 1. The molecule has 1 aromatic heterocycles. The van der Waals surface area contributed by atoms with E-state index >= 15 is 0 Å². The summed E-state index contributed by atoms with van der Waals surface area (Å²) < 4.78 is 6.87. The van der Waals surface area contributed by atoms with Crippen LogP contribution >= 0.6 is 27.5 Å². The van der Waals surface area contributed by atoms with Gasteiger partial charge in [0.2, 0.25) is 5.76 Å². The van der Waals surface area contributed by atoms with Crippen molar-refractivity contribution in [3.8, 4) is 0 Å². The number of carbonyl (C=O) groups excluding carboxylic acids is 1. The average Bonchev–Trinajstić information content (AvgIpc) is 3.02. The molecule has 1 aliphatic rings. The van der Waals surface area contributed by atoms with Crippen LogP contribution in [0.3, 0.4) is 0 Å². The number of hydrogen-bond donors (Lipinski definition) is 0. The van der Waals surface area contributed by atoms with Crippen LogP contribution in [0.15, 0.2) is 80.4 Å². The second-order valence-corrected chi connectivity index (χ2v) is 8.63. The Balaban J connectivity index is 1.83. The summed E-state index contributed by atoms with van der Waals surface area (Å²) in [5, 5.41) is 0.997. The molecule has 4 aromatic rings. The summed E-state index contributed by atoms with van der Waals surface area (Å²) in [5.74, 6) is -0.277. The highest BCUT2D eigenvalue weighted by molar-refractivity contribution is 9.10. The predicted molar refractivity (Wildman–Crippen MR) is 121 cm³/mol. The Labute approximate surface area is 185 Å². The molecule has 2 heterocycles. The molecule has 1 unspecified atom stereocenters. The fourth-order valence-electron chi connectivity index (χ4n) is 3.95. The quantitative estimate of drug-likeness (QED) is 0.340. The molecule has 1 atom stereocenters. The fraction of sp³-hybridized carbons (Fsp3) is 0.0833. The molecule has 30 heavy (non-hydrogen) atoms. The molecule has 1 amide bonds. The minimum atomic E-state index is -0.631. The van der Waals surface area contributed by atoms with Gasteiger partial charge in [-0.2, -0.15) is 0 Å². The molecule has 4 nitrogen and oxygen atoms in total. The van der Waals surface area contributed by atoms with Gasteiger partial charge >= 0.3 is 0 Å². The Hall–Kier alpha value is -2.89. The minimum absolute atomic E-state index is 0.0734. The molecule has 0 bridgehead atoms. The van der Waals surface area contributed by atoms with Crippen LogP contribution in [0, 0.1) is 6.92 Å². The largest absolute Gasteiger partial charge is 0.450 e. The SMILES string of the molecule is Cc1ccc2oc3c(c(=O)c2c1)C(c1cccc(Cl)c1)N(c1ccc(Br)cc1)C3=O. The molecule has 0 aliphatic carbocycles. The molecule has 5 rings (SSSR count). The fourth-order valence-corrected chi connectivity index (χ4v) is 4.41. The lowest BCUT2D eigenvalue weighted by Gasteiger charge is -2.25. The third-order valence-electron chi connectivity index (χ3n) is 5.29. The van der Waals surface area contributed by atoms with Gasteiger partial charge in [-0.15, -0.1) is 0 Å². The summed E-state index contributed by atoms with van der Waals surface area (Å²) in [4.78, 5) is 28.6. The molecule has 0 radical (unpaired) electrons. The number of aryl methyl sites for hydroxylation is 1. The summed E-state index contributed by atoms with van der Waals surface area (Å²) in [6, 6.07) is 19.4. The van der Waals surface area contributed by atoms with Gasteiger partial charge in [0.15, 0.2) is 5.43 Å². The van der Waals surface area contributed by atoms with Crippen molar-refractivity contribution in [3.63, 3.8) is 0 Å². The van der Waals surface area contributed by atoms with Crippen LogP contribution in [0.1, 0.15) is 33.3 Å². The van der Waals surface area contributed by atoms with E-state index in [1.807, 2.05) is 49.4 Å². The third kappa shape index (κ3) is 2.97. The third-order valence-corrected chi connectivity index (χ3v) is 6.06. The first-order valence-electron chi connectivity index (χ1n) is 9.36. The van der Waals surface area contributed by atoms with E-state index in [0.29, 0.717) is 27.2 Å². The van der Waals surface area contributed by atoms with Gasteiger partial charge in [-0.25, -0.2) is 0 Å². The Morgan fingerprint density at radius 1 is 1.00 bits per heavy atom. The highest BCUT2D eigenvalue weighted by Gasteiger charge is 2.43. The summed E-state index contributed by atoms with van der Waals surface area (Å²) in [6.07, 6.45) is 0. The van der Waals surface area contributed by atoms with Crippen molar-refractivity contribution in [1.29, 1.82) is 0 Å². The lowest BCUT2D eigenvalue weighted by Crippen LogP contribution is -2.29. The van der Waals surface area contributed by atoms with Crippen molar-refractivity contribution in [2.45, 2.75) is 13.0 Å². The predicted octanol–water partition coefficient (Wildman–Crippen LogP) is 6.27. The van der Waals surface area contributed by atoms with Gasteiger partial charge in [0.25, 0.3) is 5.91 Å². The zero-order valence-corrected chi connectivity index (χ0v) is 18.2. The van der Waals surface area contributed by atoms with E-state index in [-0.39, 0.29) is 17.1 Å². The van der Waals surface area contributed by atoms with Crippen LogP contribution in [0.2, 0.25) is 5.02 Å². The number of carbonyl (C=O) groups is 1. The van der Waals surface area contributed by atoms with Crippen LogP contribution in [-0.4, -0.2) is 5.91 Å². The standard InChI is InChI=1S/C24H15BrClNO3/c1-13-5-10-19-18(11-13)22(28)20-21(14-3-2-4-16(26)12-14)27(24(29)23(20)30-19)17-8-6-15(25)7-9-17/h2-12,21H,1H3. The second kappa shape index (κ2) is 7.11. The smallest absolute Gasteiger partial charge is 0.295 e. The Morgan fingerprint density at radius 2 is 1.77 bits per heavy atom. The van der Waals surface area contributed by atoms with E-state index in [9.17, 15) is 9.59 Å². The number of benzene rings is 3. The highest BCUT2D eigenvalue weighted by Crippen LogP contribution is 2.41. The van der Waals surface area contributed by atoms with E-state index in [4.69, 9.17) is 16.0 Å². The molecule has 1 aliphatic heterocycles. The summed E-state index contributed by atoms with van der Waals surface area (Å²) in [7, 11) is 0. The first-order valence-corrected chi connectivity index (χ1v) is 10.5. The van der Waals surface area contributed by atoms with Crippen molar-refractivity contribution in [3.05, 3.63) is 109 Å². The van der Waals surface area contributed by atoms with Gasteiger partial charge in [0.05, 0.1) is 17.0 Å². The lowest BCUT2D eigenvalue weighted by molar-refractivity contribution is 0.0971. The van der Waals surface area contributed by atoms with Crippen molar-refractivity contribution in [1.82, 2.24) is 0 Å². The topological polar surface area (TPSA) is 50.5 Å². The van der Waals surface area contributed by atoms with Crippen LogP contribution in [-0.2, 0) is 0 Å². The Morgan fingerprint density at radius 3 is 2.50 bits per heavy atom. The van der Waals surface area contributed by atoms with E-state index in [0.717, 1.165) is 15.6 Å². The second-order valence-electron chi connectivity index (χ2n) is 7.28. The summed E-state index contributed by atoms with van der Waals surface area (Å²) in [6.45, 7) is 1.92. The highest BCUT2D eigenvalue weighted by atomic mass is 79.9. The van der Waals surface area contributed by atoms with E-state index in [2.05, 4.69) is 15.9 Å². The molecule has 0 saturated heterocycles. The molecule has 0 N–H and O–H groups in total. The first-order chi connectivity index (χ1) is 14.4. The molecular formula is C24H15BrClNO3. The average molecular weight is 481 g/mol. The van der Waals surface area contributed by atoms with Crippen molar-refractivity contribution in [2.24, 2.45) is 0 Å². The maximum Gasteiger partial charge on any atom is 0.295 e. The molecule has 148 valence electrons. The van der Waals surface area contributed by atoms with E-state index in [1.54, 1.807) is 29.2 Å². The van der Waals surface area contributed by atoms with Crippen LogP contribution < -0.4 is 10.3 Å². The number of halogens is 2. The molecule has 0 saturated carbocycles. The van der Waals surface area contributed by atoms with E-state index < -0.39 is 6.04 Å². The molecule has 6 heteroatoms. The van der Waals surface area contributed by atoms with Gasteiger partial charge in [-0.05, 0) is 61.0 Å². The van der Waals surface area contributed by atoms with Crippen LogP contribution in [0.25, 0.3) is 11.0 Å². The number of rotatable bonds is 2. The minimum Gasteiger partial charge on any atom is -0.450 e. The zero-order chi connectivity index (χ0) is 21.0. The summed E-state index contributed by atoms with van der Waals surface area (Å²) in [5.41, 5.74) is 2.90. The maximum atomic E-state index is 13.5. The van der Waals surface area contributed by atoms with Gasteiger partial charge in [-0.3, -0.25) is 14.5 Å². The van der Waals surface area contributed by atoms with Crippen molar-refractivity contribution >= 4 is 50.1 Å². The number of amides is 1. The van der Waals surface area contributed by atoms with Crippen LogP contribution in [0.4, 0.5) is 5.69 Å². The van der Waals surface area contributed by atoms with Gasteiger partial charge in [-0.1, -0.05) is 51.3 Å². The molecule has 0 spiro atoms. The summed E-state index contributed by atoms with van der Waals surface area (Å²) >= 11 is 9.67. The first kappa shape index (κ1) is 19.1. The van der Waals surface area contributed by atoms with Crippen molar-refractivity contribution in [2.75, 3.05) is 4.90 Å². The Kier molecular flexibility index (Phi) is 4.53. The van der Waals surface area contributed by atoms with Crippen LogP contribution in [0.5, 0.6) is 0 Å². The van der Waals surface area contributed by atoms with Gasteiger partial charge in [0.1, 0.15) is 5.58 Å². The molecule has 0 fully saturated rings. The van der Waals surface area contributed by atoms with Crippen molar-refractivity contribution < 1.29 is 9.21 Å². The van der Waals surface area contributed by atoms with E-state index in [1.165, 1.54) is 0 Å². The van der Waals surface area contributed by atoms with Gasteiger partial charge in [0, 0.05) is 15.2 Å². The maximum absolute atomic E-state index is 13.5. The lowest BCUT2D eigenvalue weighted by atomic mass is 9.98. The Bertz CT molecular complexity index is 1380.